The monoisotopic (exact) mass is 516 g/mol. The van der Waals surface area contributed by atoms with Crippen LogP contribution in [0.3, 0.4) is 0 Å². The maximum absolute atomic E-state index is 12.2. The summed E-state index contributed by atoms with van der Waals surface area (Å²) in [6.45, 7) is 21.0. The Kier molecular flexibility index (Phi) is 7.83. The van der Waals surface area contributed by atoms with Crippen LogP contribution in [0.1, 0.15) is 119 Å². The lowest BCUT2D eigenvalue weighted by molar-refractivity contribution is -0.143. The molecular formula is C33H56O4. The first-order valence-electron chi connectivity index (χ1n) is 15.3. The van der Waals surface area contributed by atoms with Crippen LogP contribution in [0.5, 0.6) is 0 Å². The number of carbonyl (C=O) groups excluding carboxylic acids is 1. The number of ether oxygens (including phenoxy) is 2. The zero-order valence-corrected chi connectivity index (χ0v) is 25.3. The van der Waals surface area contributed by atoms with E-state index in [1.54, 1.807) is 0 Å². The molecule has 9 unspecified atom stereocenters. The topological polar surface area (TPSA) is 55.8 Å². The molecule has 4 aliphatic carbocycles. The quantitative estimate of drug-likeness (QED) is 0.225. The highest BCUT2D eigenvalue weighted by Crippen LogP contribution is 2.87. The van der Waals surface area contributed by atoms with Crippen molar-refractivity contribution in [1.82, 2.24) is 0 Å². The molecule has 0 aromatic carbocycles. The van der Waals surface area contributed by atoms with Gasteiger partial charge in [0.1, 0.15) is 0 Å². The zero-order chi connectivity index (χ0) is 27.4. The minimum absolute atomic E-state index is 0.0599. The molecule has 0 saturated heterocycles. The van der Waals surface area contributed by atoms with Gasteiger partial charge in [0.2, 0.25) is 0 Å². The van der Waals surface area contributed by atoms with E-state index in [1.807, 2.05) is 20.8 Å². The Morgan fingerprint density at radius 2 is 1.81 bits per heavy atom. The Hall–Kier alpha value is -0.870. The lowest BCUT2D eigenvalue weighted by Gasteiger charge is -2.61. The van der Waals surface area contributed by atoms with Crippen molar-refractivity contribution in [1.29, 1.82) is 0 Å². The van der Waals surface area contributed by atoms with E-state index in [0.29, 0.717) is 47.0 Å². The first-order chi connectivity index (χ1) is 17.2. The molecule has 0 amide bonds. The van der Waals surface area contributed by atoms with Gasteiger partial charge in [-0.15, -0.1) is 0 Å². The summed E-state index contributed by atoms with van der Waals surface area (Å²) in [4.78, 5) is 12.2. The minimum Gasteiger partial charge on any atom is -0.469 e. The number of methoxy groups -OCH3 is 1. The molecule has 4 rings (SSSR count). The van der Waals surface area contributed by atoms with Crippen molar-refractivity contribution in [2.45, 2.75) is 131 Å². The summed E-state index contributed by atoms with van der Waals surface area (Å²) in [5.74, 6) is 2.54. The molecule has 0 aromatic heterocycles. The number of fused-ring (bicyclic) bond motifs is 2. The van der Waals surface area contributed by atoms with Crippen LogP contribution in [0.15, 0.2) is 12.2 Å². The Labute approximate surface area is 227 Å². The predicted molar refractivity (Wildman–Crippen MR) is 150 cm³/mol. The van der Waals surface area contributed by atoms with E-state index in [4.69, 9.17) is 9.47 Å². The molecule has 4 saturated carbocycles. The second-order valence-corrected chi connectivity index (χ2v) is 14.7. The molecule has 4 fully saturated rings. The van der Waals surface area contributed by atoms with E-state index >= 15 is 0 Å². The predicted octanol–water partition coefficient (Wildman–Crippen LogP) is 7.73. The molecule has 0 bridgehead atoms. The fourth-order valence-electron chi connectivity index (χ4n) is 10.8. The van der Waals surface area contributed by atoms with Gasteiger partial charge < -0.3 is 14.6 Å². The van der Waals surface area contributed by atoms with E-state index < -0.39 is 11.7 Å². The number of allylic oxidation sites excluding steroid dienone is 1. The number of esters is 1. The van der Waals surface area contributed by atoms with Gasteiger partial charge in [-0.2, -0.15) is 0 Å². The van der Waals surface area contributed by atoms with Crippen LogP contribution in [0.2, 0.25) is 0 Å². The standard InChI is InChI=1S/C33H56O4/c1-10-37-29(5,6)27(34)14-11-23(4)25-15-17-31(8)26-13-12-24(22(2)3)32(18-16-28(35)36-9)21-33(26,32)20-19-30(25,31)7/h23-27,34H,2,10-21H2,1,3-9H3. The highest BCUT2D eigenvalue weighted by Gasteiger charge is 2.80. The molecule has 4 heteroatoms. The second kappa shape index (κ2) is 9.95. The molecule has 212 valence electrons. The molecule has 0 heterocycles. The summed E-state index contributed by atoms with van der Waals surface area (Å²) >= 11 is 0. The molecule has 37 heavy (non-hydrogen) atoms. The van der Waals surface area contributed by atoms with Crippen LogP contribution in [0.4, 0.5) is 0 Å². The van der Waals surface area contributed by atoms with Gasteiger partial charge >= 0.3 is 5.97 Å². The van der Waals surface area contributed by atoms with Crippen molar-refractivity contribution in [3.63, 3.8) is 0 Å². The molecule has 4 aliphatic rings. The summed E-state index contributed by atoms with van der Waals surface area (Å²) in [6.07, 6.45) is 12.0. The van der Waals surface area contributed by atoms with Gasteiger partial charge in [0.05, 0.1) is 18.8 Å². The van der Waals surface area contributed by atoms with Crippen LogP contribution >= 0.6 is 0 Å². The summed E-state index contributed by atoms with van der Waals surface area (Å²) in [7, 11) is 1.52. The van der Waals surface area contributed by atoms with Crippen molar-refractivity contribution < 1.29 is 19.4 Å². The van der Waals surface area contributed by atoms with Crippen LogP contribution in [0.25, 0.3) is 0 Å². The number of aliphatic hydroxyl groups is 1. The number of rotatable bonds is 11. The van der Waals surface area contributed by atoms with Gasteiger partial charge in [0.25, 0.3) is 0 Å². The SMILES string of the molecule is C=C(C)C1CCC2C3(C)CCC(C(C)CCC(O)C(C)(C)OCC)C3(C)CCC23CC13CCC(=O)OC. The van der Waals surface area contributed by atoms with Gasteiger partial charge in [0.15, 0.2) is 0 Å². The summed E-state index contributed by atoms with van der Waals surface area (Å²) in [6, 6.07) is 0. The maximum Gasteiger partial charge on any atom is 0.305 e. The van der Waals surface area contributed by atoms with Gasteiger partial charge in [-0.05, 0) is 137 Å². The van der Waals surface area contributed by atoms with E-state index in [1.165, 1.54) is 57.6 Å². The number of carbonyl (C=O) groups is 1. The largest absolute Gasteiger partial charge is 0.469 e. The van der Waals surface area contributed by atoms with Crippen molar-refractivity contribution in [3.8, 4) is 0 Å². The third-order valence-corrected chi connectivity index (χ3v) is 13.0. The fraction of sp³-hybridized carbons (Fsp3) is 0.909. The molecule has 0 aliphatic heterocycles. The number of hydrogen-bond donors (Lipinski definition) is 1. The van der Waals surface area contributed by atoms with Crippen molar-refractivity contribution in [2.75, 3.05) is 13.7 Å². The van der Waals surface area contributed by atoms with Gasteiger partial charge in [-0.1, -0.05) is 32.9 Å². The number of aliphatic hydroxyl groups excluding tert-OH is 1. The summed E-state index contributed by atoms with van der Waals surface area (Å²) in [5, 5.41) is 10.9. The normalized spacial score (nSPS) is 42.2. The Balaban J connectivity index is 1.52. The maximum atomic E-state index is 12.2. The third-order valence-electron chi connectivity index (χ3n) is 13.0. The highest BCUT2D eigenvalue weighted by molar-refractivity contribution is 5.69. The van der Waals surface area contributed by atoms with E-state index in [-0.39, 0.29) is 11.4 Å². The van der Waals surface area contributed by atoms with Gasteiger partial charge in [-0.3, -0.25) is 4.79 Å². The second-order valence-electron chi connectivity index (χ2n) is 14.7. The molecule has 9 atom stereocenters. The van der Waals surface area contributed by atoms with Crippen molar-refractivity contribution >= 4 is 5.97 Å². The molecule has 4 nitrogen and oxygen atoms in total. The fourth-order valence-corrected chi connectivity index (χ4v) is 10.8. The Morgan fingerprint density at radius 1 is 1.11 bits per heavy atom. The lowest BCUT2D eigenvalue weighted by Crippen LogP contribution is -2.54. The van der Waals surface area contributed by atoms with Crippen LogP contribution in [-0.4, -0.2) is 36.5 Å². The average molecular weight is 517 g/mol. The van der Waals surface area contributed by atoms with Crippen LogP contribution in [-0.2, 0) is 14.3 Å². The third kappa shape index (κ3) is 4.35. The first-order valence-corrected chi connectivity index (χ1v) is 15.3. The van der Waals surface area contributed by atoms with Gasteiger partial charge in [-0.25, -0.2) is 0 Å². The summed E-state index contributed by atoms with van der Waals surface area (Å²) in [5.41, 5.74) is 2.16. The summed E-state index contributed by atoms with van der Waals surface area (Å²) < 4.78 is 10.9. The molecule has 1 N–H and O–H groups in total. The molecule has 0 aromatic rings. The van der Waals surface area contributed by atoms with E-state index in [0.717, 1.165) is 25.2 Å². The minimum atomic E-state index is -0.485. The van der Waals surface area contributed by atoms with Crippen molar-refractivity contribution in [3.05, 3.63) is 12.2 Å². The van der Waals surface area contributed by atoms with Crippen LogP contribution < -0.4 is 0 Å². The Bertz CT molecular complexity index is 880. The van der Waals surface area contributed by atoms with E-state index in [9.17, 15) is 9.90 Å². The number of hydrogen-bond acceptors (Lipinski definition) is 4. The Morgan fingerprint density at radius 3 is 2.43 bits per heavy atom. The highest BCUT2D eigenvalue weighted by atomic mass is 16.5. The molecule has 1 spiro atoms. The average Bonchev–Trinajstić information content (AvgIpc) is 3.43. The van der Waals surface area contributed by atoms with Gasteiger partial charge in [0, 0.05) is 13.0 Å². The van der Waals surface area contributed by atoms with Crippen molar-refractivity contribution in [2.24, 2.45) is 45.3 Å². The molecule has 0 radical (unpaired) electrons. The smallest absolute Gasteiger partial charge is 0.305 e. The first kappa shape index (κ1) is 29.1. The zero-order valence-electron chi connectivity index (χ0n) is 25.3. The molecular weight excluding hydrogens is 460 g/mol. The van der Waals surface area contributed by atoms with Crippen LogP contribution in [0, 0.1) is 45.3 Å². The lowest BCUT2D eigenvalue weighted by atomic mass is 9.43. The van der Waals surface area contributed by atoms with E-state index in [2.05, 4.69) is 34.3 Å².